The van der Waals surface area contributed by atoms with Crippen LogP contribution in [-0.2, 0) is 28.4 Å². The van der Waals surface area contributed by atoms with Crippen molar-refractivity contribution in [3.05, 3.63) is 0 Å². The first-order chi connectivity index (χ1) is 27.3. The van der Waals surface area contributed by atoms with Gasteiger partial charge in [-0.15, -0.1) is 0 Å². The molecule has 0 fully saturated rings. The lowest BCUT2D eigenvalue weighted by molar-refractivity contribution is -0.0557. The van der Waals surface area contributed by atoms with Crippen LogP contribution in [0.15, 0.2) is 0 Å². The van der Waals surface area contributed by atoms with Crippen LogP contribution in [0, 0.1) is 0 Å². The molecule has 332 valence electrons. The molecule has 0 aromatic carbocycles. The molecule has 0 aliphatic rings. The van der Waals surface area contributed by atoms with Gasteiger partial charge in [-0.25, -0.2) is 0 Å². The summed E-state index contributed by atoms with van der Waals surface area (Å²) in [4.78, 5) is 5.38. The zero-order valence-electron chi connectivity index (χ0n) is 37.2. The van der Waals surface area contributed by atoms with Crippen molar-refractivity contribution in [1.82, 2.24) is 9.80 Å². The summed E-state index contributed by atoms with van der Waals surface area (Å²) in [5, 5.41) is 9.39. The molecule has 0 saturated carbocycles. The molecule has 55 heavy (non-hydrogen) atoms. The Morgan fingerprint density at radius 1 is 0.273 bits per heavy atom. The van der Waals surface area contributed by atoms with Gasteiger partial charge in [0.2, 0.25) is 0 Å². The molecular weight excluding hydrogens is 693 g/mol. The largest absolute Gasteiger partial charge is 0.396 e. The fraction of sp³-hybridized carbons (Fsp3) is 1.00. The van der Waals surface area contributed by atoms with Crippen LogP contribution in [0.25, 0.3) is 0 Å². The van der Waals surface area contributed by atoms with E-state index in [0.717, 1.165) is 111 Å². The third kappa shape index (κ3) is 46.2. The van der Waals surface area contributed by atoms with E-state index in [1.54, 1.807) is 0 Å². The van der Waals surface area contributed by atoms with E-state index < -0.39 is 0 Å². The predicted octanol–water partition coefficient (Wildman–Crippen LogP) is 11.1. The third-order valence-corrected chi connectivity index (χ3v) is 10.3. The van der Waals surface area contributed by atoms with Crippen LogP contribution in [-0.4, -0.2) is 121 Å². The molecule has 0 heterocycles. The van der Waals surface area contributed by atoms with Gasteiger partial charge in [0, 0.05) is 46.2 Å². The Morgan fingerprint density at radius 3 is 0.782 bits per heavy atom. The van der Waals surface area contributed by atoms with Crippen molar-refractivity contribution in [2.75, 3.05) is 106 Å². The summed E-state index contributed by atoms with van der Waals surface area (Å²) in [7, 11) is 0. The summed E-state index contributed by atoms with van der Waals surface area (Å²) in [5.41, 5.74) is 0. The molecule has 0 aromatic heterocycles. The van der Waals surface area contributed by atoms with Crippen LogP contribution < -0.4 is 0 Å². The van der Waals surface area contributed by atoms with E-state index in [1.165, 1.54) is 142 Å². The fourth-order valence-corrected chi connectivity index (χ4v) is 6.74. The van der Waals surface area contributed by atoms with Gasteiger partial charge in [-0.05, 0) is 116 Å². The highest BCUT2D eigenvalue weighted by atomic mass is 16.7. The number of rotatable bonds is 50. The molecule has 0 aliphatic heterocycles. The van der Waals surface area contributed by atoms with E-state index in [4.69, 9.17) is 28.4 Å². The number of unbranched alkanes of at least 4 members (excludes halogenated alkanes) is 19. The first kappa shape index (κ1) is 54.6. The van der Waals surface area contributed by atoms with E-state index in [2.05, 4.69) is 30.6 Å². The van der Waals surface area contributed by atoms with E-state index in [-0.39, 0.29) is 0 Å². The molecule has 0 spiro atoms. The van der Waals surface area contributed by atoms with Crippen LogP contribution in [0.4, 0.5) is 0 Å². The first-order valence-electron chi connectivity index (χ1n) is 23.8. The van der Waals surface area contributed by atoms with Gasteiger partial charge in [-0.1, -0.05) is 117 Å². The van der Waals surface area contributed by atoms with Crippen LogP contribution >= 0.6 is 0 Å². The number of hydrogen-bond donors (Lipinski definition) is 1. The molecule has 0 radical (unpaired) electrons. The molecule has 9 heteroatoms. The summed E-state index contributed by atoms with van der Waals surface area (Å²) in [6.45, 7) is 20.2. The number of nitrogens with zero attached hydrogens (tertiary/aromatic N) is 2. The van der Waals surface area contributed by atoms with Gasteiger partial charge < -0.3 is 43.3 Å². The second kappa shape index (κ2) is 49.8. The Labute approximate surface area is 342 Å². The Balaban J connectivity index is 4.39. The standard InChI is InChI=1S/C46H96N2O7/c1-4-7-10-24-38-50-44-53-41-27-16-13-19-31-47(32-20-14-17-28-42-54-45-51-39-25-11-8-5-2)35-30-36-48(34-22-23-37-49)33-21-15-18-29-43-55-46-52-40-26-12-9-6-3/h49H,4-46H2,1-3H3. The van der Waals surface area contributed by atoms with Crippen molar-refractivity contribution in [3.63, 3.8) is 0 Å². The van der Waals surface area contributed by atoms with Gasteiger partial charge in [0.25, 0.3) is 0 Å². The van der Waals surface area contributed by atoms with Gasteiger partial charge in [0.05, 0.1) is 0 Å². The van der Waals surface area contributed by atoms with Gasteiger partial charge in [0.1, 0.15) is 20.4 Å². The minimum Gasteiger partial charge on any atom is -0.396 e. The van der Waals surface area contributed by atoms with Gasteiger partial charge in [0.15, 0.2) is 0 Å². The second-order valence-corrected chi connectivity index (χ2v) is 15.7. The van der Waals surface area contributed by atoms with Crippen LogP contribution in [0.1, 0.15) is 194 Å². The Bertz CT molecular complexity index is 648. The van der Waals surface area contributed by atoms with E-state index >= 15 is 0 Å². The fourth-order valence-electron chi connectivity index (χ4n) is 6.74. The predicted molar refractivity (Wildman–Crippen MR) is 232 cm³/mol. The van der Waals surface area contributed by atoms with Crippen molar-refractivity contribution in [1.29, 1.82) is 0 Å². The molecular formula is C46H96N2O7. The zero-order valence-corrected chi connectivity index (χ0v) is 37.2. The van der Waals surface area contributed by atoms with E-state index in [9.17, 15) is 5.11 Å². The molecule has 0 aromatic rings. The summed E-state index contributed by atoms with van der Waals surface area (Å²) in [6.07, 6.45) is 32.6. The van der Waals surface area contributed by atoms with Crippen molar-refractivity contribution < 1.29 is 33.5 Å². The van der Waals surface area contributed by atoms with Crippen molar-refractivity contribution in [3.8, 4) is 0 Å². The zero-order chi connectivity index (χ0) is 39.8. The number of aliphatic hydroxyl groups is 1. The van der Waals surface area contributed by atoms with Crippen LogP contribution in [0.3, 0.4) is 0 Å². The van der Waals surface area contributed by atoms with Crippen LogP contribution in [0.2, 0.25) is 0 Å². The van der Waals surface area contributed by atoms with E-state index in [0.29, 0.717) is 27.0 Å². The maximum atomic E-state index is 9.39. The highest BCUT2D eigenvalue weighted by molar-refractivity contribution is 4.64. The normalized spacial score (nSPS) is 11.9. The lowest BCUT2D eigenvalue weighted by Crippen LogP contribution is -2.32. The SMILES string of the molecule is CCCCCCOCOCCCCCCN(CCCCO)CCCN(CCCCCCOCOCCCCCC)CCCCCCOCOCCCCCC. The first-order valence-corrected chi connectivity index (χ1v) is 23.8. The molecule has 0 amide bonds. The third-order valence-electron chi connectivity index (χ3n) is 10.3. The number of ether oxygens (including phenoxy) is 6. The average Bonchev–Trinajstić information content (AvgIpc) is 3.19. The highest BCUT2D eigenvalue weighted by Gasteiger charge is 2.09. The summed E-state index contributed by atoms with van der Waals surface area (Å²) >= 11 is 0. The minimum absolute atomic E-state index is 0.294. The molecule has 0 unspecified atom stereocenters. The highest BCUT2D eigenvalue weighted by Crippen LogP contribution is 2.10. The van der Waals surface area contributed by atoms with Gasteiger partial charge >= 0.3 is 0 Å². The van der Waals surface area contributed by atoms with Crippen molar-refractivity contribution in [2.45, 2.75) is 194 Å². The second-order valence-electron chi connectivity index (χ2n) is 15.7. The average molecular weight is 789 g/mol. The quantitative estimate of drug-likeness (QED) is 0.0478. The van der Waals surface area contributed by atoms with Gasteiger partial charge in [-0.3, -0.25) is 0 Å². The smallest absolute Gasteiger partial charge is 0.146 e. The van der Waals surface area contributed by atoms with Crippen molar-refractivity contribution >= 4 is 0 Å². The summed E-state index contributed by atoms with van der Waals surface area (Å²) in [5.74, 6) is 0. The molecule has 0 bridgehead atoms. The maximum absolute atomic E-state index is 9.39. The molecule has 0 atom stereocenters. The number of hydrogen-bond acceptors (Lipinski definition) is 9. The molecule has 1 N–H and O–H groups in total. The molecule has 0 saturated heterocycles. The van der Waals surface area contributed by atoms with Crippen molar-refractivity contribution in [2.24, 2.45) is 0 Å². The summed E-state index contributed by atoms with van der Waals surface area (Å²) < 4.78 is 33.9. The Kier molecular flexibility index (Phi) is 49.5. The minimum atomic E-state index is 0.294. The molecule has 0 aliphatic carbocycles. The van der Waals surface area contributed by atoms with Crippen LogP contribution in [0.5, 0.6) is 0 Å². The lowest BCUT2D eigenvalue weighted by Gasteiger charge is -2.26. The topological polar surface area (TPSA) is 82.1 Å². The van der Waals surface area contributed by atoms with Gasteiger partial charge in [-0.2, -0.15) is 0 Å². The summed E-state index contributed by atoms with van der Waals surface area (Å²) in [6, 6.07) is 0. The maximum Gasteiger partial charge on any atom is 0.146 e. The number of aliphatic hydroxyl groups excluding tert-OH is 1. The lowest BCUT2D eigenvalue weighted by atomic mass is 10.1. The monoisotopic (exact) mass is 789 g/mol. The Morgan fingerprint density at radius 2 is 0.509 bits per heavy atom. The molecule has 0 rings (SSSR count). The molecule has 9 nitrogen and oxygen atoms in total. The van der Waals surface area contributed by atoms with E-state index in [1.807, 2.05) is 0 Å². The Hall–Kier alpha value is -0.360.